The zero-order valence-corrected chi connectivity index (χ0v) is 17.0. The quantitative estimate of drug-likeness (QED) is 0.424. The summed E-state index contributed by atoms with van der Waals surface area (Å²) in [5.41, 5.74) is 0. The van der Waals surface area contributed by atoms with E-state index in [-0.39, 0.29) is 24.0 Å². The summed E-state index contributed by atoms with van der Waals surface area (Å²) in [7, 11) is 4.06. The van der Waals surface area contributed by atoms with Crippen molar-refractivity contribution in [3.63, 3.8) is 0 Å². The fourth-order valence-electron chi connectivity index (χ4n) is 2.82. The number of aliphatic imine (C=N–C) groups is 1. The normalized spacial score (nSPS) is 21.0. The Hall–Kier alpha value is -0.340. The molecule has 1 aliphatic rings. The van der Waals surface area contributed by atoms with Crippen LogP contribution in [0, 0.1) is 5.92 Å². The molecule has 126 valence electrons. The molecular weight excluding hydrogens is 407 g/mol. The molecule has 0 aliphatic carbocycles. The second-order valence-corrected chi connectivity index (χ2v) is 7.00. The van der Waals surface area contributed by atoms with Crippen LogP contribution in [0.1, 0.15) is 30.6 Å². The fraction of sp³-hybridized carbons (Fsp3) is 0.688. The summed E-state index contributed by atoms with van der Waals surface area (Å²) < 4.78 is 0. The number of hydrogen-bond donors (Lipinski definition) is 2. The maximum Gasteiger partial charge on any atom is 0.191 e. The van der Waals surface area contributed by atoms with Crippen molar-refractivity contribution < 1.29 is 0 Å². The molecular formula is C16H29IN4S. The summed E-state index contributed by atoms with van der Waals surface area (Å²) in [5, 5.41) is 9.05. The molecule has 1 saturated heterocycles. The predicted molar refractivity (Wildman–Crippen MR) is 108 cm³/mol. The van der Waals surface area contributed by atoms with Gasteiger partial charge in [0.25, 0.3) is 0 Å². The smallest absolute Gasteiger partial charge is 0.191 e. The van der Waals surface area contributed by atoms with Gasteiger partial charge >= 0.3 is 0 Å². The first-order chi connectivity index (χ1) is 10.2. The number of likely N-dealkylation sites (tertiary alicyclic amines) is 1. The third-order valence-corrected chi connectivity index (χ3v) is 5.21. The lowest BCUT2D eigenvalue weighted by Crippen LogP contribution is -2.44. The van der Waals surface area contributed by atoms with Crippen LogP contribution in [-0.4, -0.2) is 51.1 Å². The molecule has 0 spiro atoms. The maximum atomic E-state index is 4.33. The summed E-state index contributed by atoms with van der Waals surface area (Å²) >= 11 is 1.82. The molecule has 0 aromatic carbocycles. The van der Waals surface area contributed by atoms with E-state index >= 15 is 0 Å². The second-order valence-electron chi connectivity index (χ2n) is 6.02. The van der Waals surface area contributed by atoms with Crippen LogP contribution in [0.2, 0.25) is 0 Å². The number of guanidine groups is 1. The SMILES string of the molecule is CN=C(NCC1CCCN(C)C1)NCC(C)c1cccs1.I. The van der Waals surface area contributed by atoms with Crippen molar-refractivity contribution in [3.05, 3.63) is 22.4 Å². The predicted octanol–water partition coefficient (Wildman–Crippen LogP) is 2.98. The van der Waals surface area contributed by atoms with Crippen LogP contribution in [0.4, 0.5) is 0 Å². The Morgan fingerprint density at radius 2 is 2.32 bits per heavy atom. The standard InChI is InChI=1S/C16H28N4S.HI/c1-13(15-7-5-9-21-15)10-18-16(17-2)19-11-14-6-4-8-20(3)12-14;/h5,7,9,13-14H,4,6,8,10-12H2,1-3H3,(H2,17,18,19);1H. The first-order valence-corrected chi connectivity index (χ1v) is 8.73. The van der Waals surface area contributed by atoms with Gasteiger partial charge in [-0.05, 0) is 43.8 Å². The van der Waals surface area contributed by atoms with Crippen molar-refractivity contribution in [2.24, 2.45) is 10.9 Å². The van der Waals surface area contributed by atoms with E-state index in [2.05, 4.69) is 52.0 Å². The van der Waals surface area contributed by atoms with Gasteiger partial charge in [-0.25, -0.2) is 0 Å². The second kappa shape index (κ2) is 10.4. The molecule has 1 aliphatic heterocycles. The molecule has 2 heterocycles. The monoisotopic (exact) mass is 436 g/mol. The number of thiophene rings is 1. The van der Waals surface area contributed by atoms with E-state index in [1.807, 2.05) is 18.4 Å². The van der Waals surface area contributed by atoms with Crippen LogP contribution in [0.5, 0.6) is 0 Å². The number of nitrogens with one attached hydrogen (secondary N) is 2. The Labute approximate surface area is 155 Å². The third-order valence-electron chi connectivity index (χ3n) is 4.11. The zero-order chi connectivity index (χ0) is 15.1. The summed E-state index contributed by atoms with van der Waals surface area (Å²) in [6, 6.07) is 4.31. The summed E-state index contributed by atoms with van der Waals surface area (Å²) in [6.45, 7) is 6.61. The van der Waals surface area contributed by atoms with Crippen LogP contribution in [0.3, 0.4) is 0 Å². The lowest BCUT2D eigenvalue weighted by molar-refractivity contribution is 0.210. The minimum Gasteiger partial charge on any atom is -0.356 e. The van der Waals surface area contributed by atoms with Gasteiger partial charge in [0, 0.05) is 37.5 Å². The van der Waals surface area contributed by atoms with Gasteiger partial charge < -0.3 is 15.5 Å². The van der Waals surface area contributed by atoms with E-state index in [1.54, 1.807) is 0 Å². The zero-order valence-electron chi connectivity index (χ0n) is 13.8. The molecule has 2 atom stereocenters. The molecule has 0 radical (unpaired) electrons. The minimum atomic E-state index is 0. The molecule has 0 saturated carbocycles. The number of piperidine rings is 1. The first-order valence-electron chi connectivity index (χ1n) is 7.85. The first kappa shape index (κ1) is 19.7. The van der Waals surface area contributed by atoms with Gasteiger partial charge in [0.2, 0.25) is 0 Å². The Bertz CT molecular complexity index is 435. The average Bonchev–Trinajstić information content (AvgIpc) is 3.01. The maximum absolute atomic E-state index is 4.33. The van der Waals surface area contributed by atoms with Crippen LogP contribution in [0.25, 0.3) is 0 Å². The largest absolute Gasteiger partial charge is 0.356 e. The lowest BCUT2D eigenvalue weighted by atomic mass is 9.99. The summed E-state index contributed by atoms with van der Waals surface area (Å²) in [5.74, 6) is 2.17. The van der Waals surface area contributed by atoms with Crippen molar-refractivity contribution in [1.29, 1.82) is 0 Å². The highest BCUT2D eigenvalue weighted by molar-refractivity contribution is 14.0. The Morgan fingerprint density at radius 1 is 1.50 bits per heavy atom. The highest BCUT2D eigenvalue weighted by Crippen LogP contribution is 2.19. The van der Waals surface area contributed by atoms with Gasteiger partial charge in [-0.3, -0.25) is 4.99 Å². The van der Waals surface area contributed by atoms with Crippen LogP contribution < -0.4 is 10.6 Å². The fourth-order valence-corrected chi connectivity index (χ4v) is 3.61. The molecule has 2 rings (SSSR count). The molecule has 6 heteroatoms. The lowest BCUT2D eigenvalue weighted by Gasteiger charge is -2.30. The van der Waals surface area contributed by atoms with Crippen molar-refractivity contribution in [1.82, 2.24) is 15.5 Å². The van der Waals surface area contributed by atoms with Crippen molar-refractivity contribution in [2.75, 3.05) is 40.3 Å². The van der Waals surface area contributed by atoms with Crippen LogP contribution in [0.15, 0.2) is 22.5 Å². The Kier molecular flexibility index (Phi) is 9.35. The van der Waals surface area contributed by atoms with E-state index in [4.69, 9.17) is 0 Å². The number of rotatable bonds is 5. The van der Waals surface area contributed by atoms with E-state index in [0.717, 1.165) is 25.0 Å². The topological polar surface area (TPSA) is 39.7 Å². The molecule has 0 amide bonds. The van der Waals surface area contributed by atoms with E-state index in [1.165, 1.54) is 30.8 Å². The van der Waals surface area contributed by atoms with Gasteiger partial charge in [-0.1, -0.05) is 13.0 Å². The molecule has 22 heavy (non-hydrogen) atoms. The molecule has 1 aromatic rings. The van der Waals surface area contributed by atoms with E-state index in [9.17, 15) is 0 Å². The van der Waals surface area contributed by atoms with Crippen LogP contribution in [-0.2, 0) is 0 Å². The van der Waals surface area contributed by atoms with Crippen molar-refractivity contribution in [3.8, 4) is 0 Å². The third kappa shape index (κ3) is 6.42. The highest BCUT2D eigenvalue weighted by Gasteiger charge is 2.17. The molecule has 2 N–H and O–H groups in total. The molecule has 4 nitrogen and oxygen atoms in total. The van der Waals surface area contributed by atoms with E-state index < -0.39 is 0 Å². The molecule has 2 unspecified atom stereocenters. The van der Waals surface area contributed by atoms with Gasteiger partial charge in [0.05, 0.1) is 0 Å². The molecule has 1 aromatic heterocycles. The molecule has 1 fully saturated rings. The van der Waals surface area contributed by atoms with Crippen molar-refractivity contribution in [2.45, 2.75) is 25.7 Å². The number of hydrogen-bond acceptors (Lipinski definition) is 3. The Balaban J connectivity index is 0.00000242. The summed E-state index contributed by atoms with van der Waals surface area (Å²) in [4.78, 5) is 8.17. The summed E-state index contributed by atoms with van der Waals surface area (Å²) in [6.07, 6.45) is 2.63. The number of nitrogens with zero attached hydrogens (tertiary/aromatic N) is 2. The van der Waals surface area contributed by atoms with Gasteiger partial charge in [-0.15, -0.1) is 35.3 Å². The van der Waals surface area contributed by atoms with E-state index in [0.29, 0.717) is 5.92 Å². The Morgan fingerprint density at radius 3 is 2.95 bits per heavy atom. The van der Waals surface area contributed by atoms with Gasteiger partial charge in [0.1, 0.15) is 0 Å². The highest BCUT2D eigenvalue weighted by atomic mass is 127. The minimum absolute atomic E-state index is 0. The van der Waals surface area contributed by atoms with Crippen molar-refractivity contribution >= 4 is 41.3 Å². The average molecular weight is 436 g/mol. The number of halogens is 1. The van der Waals surface area contributed by atoms with Crippen LogP contribution >= 0.6 is 35.3 Å². The van der Waals surface area contributed by atoms with Gasteiger partial charge in [-0.2, -0.15) is 0 Å². The molecule has 0 bridgehead atoms. The van der Waals surface area contributed by atoms with Gasteiger partial charge in [0.15, 0.2) is 5.96 Å².